The molecule has 1 N–H and O–H groups in total. The zero-order valence-corrected chi connectivity index (χ0v) is 15.4. The summed E-state index contributed by atoms with van der Waals surface area (Å²) in [6.07, 6.45) is 4.73. The van der Waals surface area contributed by atoms with E-state index in [1.807, 2.05) is 13.0 Å². The summed E-state index contributed by atoms with van der Waals surface area (Å²) >= 11 is 0. The highest BCUT2D eigenvalue weighted by Gasteiger charge is 2.20. The van der Waals surface area contributed by atoms with E-state index in [0.29, 0.717) is 6.54 Å². The molecule has 2 heterocycles. The van der Waals surface area contributed by atoms with Gasteiger partial charge in [-0.3, -0.25) is 14.6 Å². The van der Waals surface area contributed by atoms with Crippen molar-refractivity contribution in [1.82, 2.24) is 20.3 Å². The first-order chi connectivity index (χ1) is 11.6. The van der Waals surface area contributed by atoms with Crippen molar-refractivity contribution in [2.45, 2.75) is 59.0 Å². The zero-order valence-electron chi connectivity index (χ0n) is 15.4. The van der Waals surface area contributed by atoms with Crippen LogP contribution >= 0.6 is 0 Å². The molecule has 0 spiro atoms. The third-order valence-electron chi connectivity index (χ3n) is 4.54. The maximum absolute atomic E-state index is 12.1. The van der Waals surface area contributed by atoms with E-state index in [2.05, 4.69) is 34.1 Å². The minimum atomic E-state index is 0.152. The average molecular weight is 336 g/mol. The van der Waals surface area contributed by atoms with Crippen LogP contribution in [0, 0.1) is 6.92 Å². The minimum Gasteiger partial charge on any atom is -0.361 e. The Morgan fingerprint density at radius 1 is 1.29 bits per heavy atom. The molecule has 6 nitrogen and oxygen atoms in total. The number of hydrogen-bond acceptors (Lipinski definition) is 5. The highest BCUT2D eigenvalue weighted by Crippen LogP contribution is 2.09. The Morgan fingerprint density at radius 2 is 2.00 bits per heavy atom. The lowest BCUT2D eigenvalue weighted by atomic mass is 10.1. The van der Waals surface area contributed by atoms with Gasteiger partial charge in [-0.2, -0.15) is 0 Å². The first-order valence-corrected chi connectivity index (χ1v) is 9.23. The van der Waals surface area contributed by atoms with Crippen LogP contribution in [0.3, 0.4) is 0 Å². The molecule has 1 saturated heterocycles. The Morgan fingerprint density at radius 3 is 2.62 bits per heavy atom. The van der Waals surface area contributed by atoms with Gasteiger partial charge in [0.15, 0.2) is 0 Å². The number of nitrogens with one attached hydrogen (secondary N) is 1. The van der Waals surface area contributed by atoms with Gasteiger partial charge in [-0.25, -0.2) is 0 Å². The van der Waals surface area contributed by atoms with Gasteiger partial charge in [0.25, 0.3) is 0 Å². The number of rotatable bonds is 9. The predicted molar refractivity (Wildman–Crippen MR) is 94.7 cm³/mol. The number of aryl methyl sites for hydroxylation is 1. The summed E-state index contributed by atoms with van der Waals surface area (Å²) in [6, 6.07) is 2.26. The number of carbonyl (C=O) groups is 1. The summed E-state index contributed by atoms with van der Waals surface area (Å²) in [7, 11) is 0. The Labute approximate surface area is 145 Å². The quantitative estimate of drug-likeness (QED) is 0.701. The fraction of sp³-hybridized carbons (Fsp3) is 0.778. The molecule has 1 amide bonds. The molecule has 6 heteroatoms. The fourth-order valence-electron chi connectivity index (χ4n) is 3.12. The summed E-state index contributed by atoms with van der Waals surface area (Å²) in [5, 5.41) is 7.17. The van der Waals surface area contributed by atoms with Crippen LogP contribution in [0.1, 0.15) is 51.0 Å². The van der Waals surface area contributed by atoms with Crippen molar-refractivity contribution >= 4 is 5.91 Å². The fourth-order valence-corrected chi connectivity index (χ4v) is 3.12. The summed E-state index contributed by atoms with van der Waals surface area (Å²) in [5.74, 6) is 1.01. The summed E-state index contributed by atoms with van der Waals surface area (Å²) in [6.45, 7) is 11.3. The van der Waals surface area contributed by atoms with Crippen molar-refractivity contribution in [3.8, 4) is 0 Å². The molecule has 0 aliphatic carbocycles. The van der Waals surface area contributed by atoms with Crippen molar-refractivity contribution in [1.29, 1.82) is 0 Å². The van der Waals surface area contributed by atoms with Gasteiger partial charge in [0.2, 0.25) is 5.91 Å². The van der Waals surface area contributed by atoms with Crippen molar-refractivity contribution in [3.63, 3.8) is 0 Å². The molecule has 2 rings (SSSR count). The average Bonchev–Trinajstić information content (AvgIpc) is 2.94. The van der Waals surface area contributed by atoms with Crippen molar-refractivity contribution < 1.29 is 9.32 Å². The van der Waals surface area contributed by atoms with E-state index in [1.54, 1.807) is 0 Å². The number of amides is 1. The van der Waals surface area contributed by atoms with Crippen molar-refractivity contribution in [3.05, 3.63) is 17.5 Å². The smallest absolute Gasteiger partial charge is 0.234 e. The summed E-state index contributed by atoms with van der Waals surface area (Å²) in [5.41, 5.74) is 0.986. The van der Waals surface area contributed by atoms with E-state index in [-0.39, 0.29) is 11.9 Å². The standard InChI is InChI=1S/C18H32N4O2/c1-4-5-6-7-15(2)19-18(23)14-22-10-8-21(9-11-22)13-17-12-16(3)24-20-17/h12,15H,4-11,13-14H2,1-3H3,(H,19,23). The van der Waals surface area contributed by atoms with E-state index >= 15 is 0 Å². The lowest BCUT2D eigenvalue weighted by molar-refractivity contribution is -0.123. The lowest BCUT2D eigenvalue weighted by Crippen LogP contribution is -2.50. The molecule has 1 aromatic rings. The van der Waals surface area contributed by atoms with Crippen LogP contribution in [0.2, 0.25) is 0 Å². The van der Waals surface area contributed by atoms with Crippen LogP contribution in [0.15, 0.2) is 10.6 Å². The molecule has 0 saturated carbocycles. The monoisotopic (exact) mass is 336 g/mol. The van der Waals surface area contributed by atoms with E-state index < -0.39 is 0 Å². The van der Waals surface area contributed by atoms with Crippen LogP contribution in [-0.4, -0.2) is 59.6 Å². The van der Waals surface area contributed by atoms with Crippen molar-refractivity contribution in [2.75, 3.05) is 32.7 Å². The van der Waals surface area contributed by atoms with E-state index in [1.165, 1.54) is 19.3 Å². The Bertz CT molecular complexity index is 495. The van der Waals surface area contributed by atoms with Gasteiger partial charge in [-0.1, -0.05) is 31.3 Å². The minimum absolute atomic E-state index is 0.152. The molecule has 1 unspecified atom stereocenters. The zero-order chi connectivity index (χ0) is 17.4. The third kappa shape index (κ3) is 6.61. The number of aromatic nitrogens is 1. The van der Waals surface area contributed by atoms with E-state index in [9.17, 15) is 4.79 Å². The van der Waals surface area contributed by atoms with Crippen LogP contribution in [-0.2, 0) is 11.3 Å². The normalized spacial score (nSPS) is 17.8. The highest BCUT2D eigenvalue weighted by molar-refractivity contribution is 5.78. The topological polar surface area (TPSA) is 61.6 Å². The molecule has 1 aromatic heterocycles. The highest BCUT2D eigenvalue weighted by atomic mass is 16.5. The largest absolute Gasteiger partial charge is 0.361 e. The lowest BCUT2D eigenvalue weighted by Gasteiger charge is -2.34. The third-order valence-corrected chi connectivity index (χ3v) is 4.54. The maximum Gasteiger partial charge on any atom is 0.234 e. The number of hydrogen-bond donors (Lipinski definition) is 1. The van der Waals surface area contributed by atoms with E-state index in [4.69, 9.17) is 4.52 Å². The Balaban J connectivity index is 1.62. The van der Waals surface area contributed by atoms with Gasteiger partial charge < -0.3 is 9.84 Å². The molecule has 0 aromatic carbocycles. The molecular formula is C18H32N4O2. The Kier molecular flexibility index (Phi) is 7.72. The van der Waals surface area contributed by atoms with Gasteiger partial charge >= 0.3 is 0 Å². The van der Waals surface area contributed by atoms with Gasteiger partial charge in [0.1, 0.15) is 5.76 Å². The number of piperazine rings is 1. The molecule has 1 aliphatic rings. The molecule has 1 atom stereocenters. The van der Waals surface area contributed by atoms with Crippen LogP contribution in [0.5, 0.6) is 0 Å². The summed E-state index contributed by atoms with van der Waals surface area (Å²) < 4.78 is 5.11. The molecule has 136 valence electrons. The second kappa shape index (κ2) is 9.79. The summed E-state index contributed by atoms with van der Waals surface area (Å²) in [4.78, 5) is 16.7. The Hall–Kier alpha value is -1.40. The second-order valence-corrected chi connectivity index (χ2v) is 6.95. The number of carbonyl (C=O) groups excluding carboxylic acids is 1. The first kappa shape index (κ1) is 18.9. The first-order valence-electron chi connectivity index (χ1n) is 9.23. The predicted octanol–water partition coefficient (Wildman–Crippen LogP) is 2.19. The molecule has 24 heavy (non-hydrogen) atoms. The molecule has 0 radical (unpaired) electrons. The second-order valence-electron chi connectivity index (χ2n) is 6.95. The molecule has 0 bridgehead atoms. The molecule has 1 aliphatic heterocycles. The number of unbranched alkanes of at least 4 members (excludes halogenated alkanes) is 2. The van der Waals surface area contributed by atoms with Crippen LogP contribution in [0.4, 0.5) is 0 Å². The maximum atomic E-state index is 12.1. The van der Waals surface area contributed by atoms with Crippen molar-refractivity contribution in [2.24, 2.45) is 0 Å². The SMILES string of the molecule is CCCCCC(C)NC(=O)CN1CCN(Cc2cc(C)on2)CC1. The van der Waals surface area contributed by atoms with Gasteiger partial charge in [0.05, 0.1) is 12.2 Å². The molecule has 1 fully saturated rings. The number of nitrogens with zero attached hydrogens (tertiary/aromatic N) is 3. The van der Waals surface area contributed by atoms with Gasteiger partial charge in [-0.05, 0) is 20.3 Å². The van der Waals surface area contributed by atoms with Gasteiger partial charge in [-0.15, -0.1) is 0 Å². The molecular weight excluding hydrogens is 304 g/mol. The van der Waals surface area contributed by atoms with E-state index in [0.717, 1.165) is 50.6 Å². The van der Waals surface area contributed by atoms with Gasteiger partial charge in [0, 0.05) is 44.8 Å². The van der Waals surface area contributed by atoms with Crippen LogP contribution in [0.25, 0.3) is 0 Å². The van der Waals surface area contributed by atoms with Crippen LogP contribution < -0.4 is 5.32 Å².